The van der Waals surface area contributed by atoms with Crippen molar-refractivity contribution in [2.45, 2.75) is 26.8 Å². The van der Waals surface area contributed by atoms with Crippen LogP contribution in [0.25, 0.3) is 11.3 Å². The first-order valence-corrected chi connectivity index (χ1v) is 11.2. The second-order valence-corrected chi connectivity index (χ2v) is 8.66. The van der Waals surface area contributed by atoms with Crippen LogP contribution < -0.4 is 10.6 Å². The van der Waals surface area contributed by atoms with Gasteiger partial charge in [-0.1, -0.05) is 26.0 Å². The number of hydrogen-bond donors (Lipinski definition) is 2. The molecule has 2 N–H and O–H groups in total. The molecule has 3 heterocycles. The van der Waals surface area contributed by atoms with Crippen LogP contribution in [-0.4, -0.2) is 56.1 Å². The molecule has 0 spiro atoms. The van der Waals surface area contributed by atoms with Crippen LogP contribution in [0, 0.1) is 24.2 Å². The predicted molar refractivity (Wildman–Crippen MR) is 134 cm³/mol. The quantitative estimate of drug-likeness (QED) is 0.567. The molecule has 35 heavy (non-hydrogen) atoms. The number of aliphatic imine (C=N–C) groups is 1. The summed E-state index contributed by atoms with van der Waals surface area (Å²) in [5.41, 5.74) is 3.73. The van der Waals surface area contributed by atoms with E-state index in [-0.39, 0.29) is 11.8 Å². The molecule has 0 aliphatic carbocycles. The van der Waals surface area contributed by atoms with Crippen molar-refractivity contribution in [2.24, 2.45) is 10.9 Å². The molecule has 0 saturated carbocycles. The van der Waals surface area contributed by atoms with Crippen LogP contribution in [0.1, 0.15) is 29.8 Å². The number of carbonyl (C=O) groups excluding carboxylic acids is 1. The Balaban J connectivity index is 1.49. The van der Waals surface area contributed by atoms with Crippen molar-refractivity contribution < 1.29 is 4.79 Å². The second-order valence-electron chi connectivity index (χ2n) is 8.66. The molecule has 1 amide bonds. The number of nitrogens with zero attached hydrogens (tertiary/aromatic N) is 7. The normalized spacial score (nSPS) is 13.8. The van der Waals surface area contributed by atoms with Gasteiger partial charge in [0, 0.05) is 30.6 Å². The maximum absolute atomic E-state index is 12.5. The van der Waals surface area contributed by atoms with Crippen molar-refractivity contribution in [2.75, 3.05) is 19.0 Å². The Morgan fingerprint density at radius 2 is 1.97 bits per heavy atom. The fraction of sp³-hybridized carbons (Fsp3) is 0.280. The van der Waals surface area contributed by atoms with Crippen molar-refractivity contribution in [1.82, 2.24) is 30.0 Å². The summed E-state index contributed by atoms with van der Waals surface area (Å²) in [7, 11) is 1.96. The Labute approximate surface area is 204 Å². The molecular weight excluding hydrogens is 442 g/mol. The number of aromatic nitrogens is 4. The summed E-state index contributed by atoms with van der Waals surface area (Å²) >= 11 is 0. The fourth-order valence-electron chi connectivity index (χ4n) is 3.41. The van der Waals surface area contributed by atoms with E-state index in [1.807, 2.05) is 63.3 Å². The highest BCUT2D eigenvalue weighted by Gasteiger charge is 2.17. The molecule has 0 radical (unpaired) electrons. The average molecular weight is 470 g/mol. The van der Waals surface area contributed by atoms with Crippen LogP contribution in [0.15, 0.2) is 60.1 Å². The zero-order valence-electron chi connectivity index (χ0n) is 20.1. The number of amides is 1. The third-order valence-electron chi connectivity index (χ3n) is 5.49. The molecular formula is C25H27N9O. The average Bonchev–Trinajstić information content (AvgIpc) is 3.32. The first-order valence-electron chi connectivity index (χ1n) is 11.2. The van der Waals surface area contributed by atoms with Crippen molar-refractivity contribution in [3.63, 3.8) is 0 Å². The van der Waals surface area contributed by atoms with Crippen LogP contribution >= 0.6 is 0 Å². The van der Waals surface area contributed by atoms with Crippen molar-refractivity contribution in [1.29, 1.82) is 5.26 Å². The Hall–Kier alpha value is -4.52. The third-order valence-corrected chi connectivity index (χ3v) is 5.49. The number of benzene rings is 1. The van der Waals surface area contributed by atoms with E-state index in [2.05, 4.69) is 36.8 Å². The highest BCUT2D eigenvalue weighted by molar-refractivity contribution is 5.95. The van der Waals surface area contributed by atoms with E-state index in [1.165, 1.54) is 0 Å². The van der Waals surface area contributed by atoms with Crippen molar-refractivity contribution in [3.05, 3.63) is 66.3 Å². The van der Waals surface area contributed by atoms with E-state index in [4.69, 9.17) is 0 Å². The van der Waals surface area contributed by atoms with E-state index >= 15 is 0 Å². The smallest absolute Gasteiger partial charge is 0.252 e. The van der Waals surface area contributed by atoms with Gasteiger partial charge in [0.15, 0.2) is 5.84 Å². The Morgan fingerprint density at radius 3 is 2.63 bits per heavy atom. The van der Waals surface area contributed by atoms with Gasteiger partial charge < -0.3 is 15.5 Å². The molecule has 178 valence electrons. The van der Waals surface area contributed by atoms with Gasteiger partial charge in [-0.3, -0.25) is 4.79 Å². The lowest BCUT2D eigenvalue weighted by Crippen LogP contribution is -2.37. The molecule has 0 saturated heterocycles. The highest BCUT2D eigenvalue weighted by atomic mass is 16.1. The summed E-state index contributed by atoms with van der Waals surface area (Å²) in [5.74, 6) is 0.931. The van der Waals surface area contributed by atoms with Gasteiger partial charge in [-0.05, 0) is 36.6 Å². The van der Waals surface area contributed by atoms with E-state index in [0.717, 1.165) is 28.3 Å². The molecule has 10 nitrogen and oxygen atoms in total. The summed E-state index contributed by atoms with van der Waals surface area (Å²) in [6.07, 6.45) is 9.12. The maximum atomic E-state index is 12.5. The number of rotatable bonds is 6. The number of nitrogens with one attached hydrogen (secondary N) is 2. The first kappa shape index (κ1) is 23.6. The first-order chi connectivity index (χ1) is 16.8. The molecule has 1 aliphatic rings. The zero-order valence-corrected chi connectivity index (χ0v) is 20.1. The van der Waals surface area contributed by atoms with Gasteiger partial charge >= 0.3 is 0 Å². The lowest BCUT2D eigenvalue weighted by molar-refractivity contribution is 0.0937. The number of nitriles is 1. The Morgan fingerprint density at radius 1 is 1.20 bits per heavy atom. The fourth-order valence-corrected chi connectivity index (χ4v) is 3.41. The molecule has 1 aliphatic heterocycles. The van der Waals surface area contributed by atoms with Crippen LogP contribution in [0.4, 0.5) is 11.6 Å². The molecule has 1 atom stereocenters. The van der Waals surface area contributed by atoms with Gasteiger partial charge in [0.25, 0.3) is 5.91 Å². The molecule has 1 aromatic carbocycles. The largest absolute Gasteiger partial charge is 0.361 e. The zero-order chi connectivity index (χ0) is 24.9. The predicted octanol–water partition coefficient (Wildman–Crippen LogP) is 3.33. The Kier molecular flexibility index (Phi) is 6.87. The minimum absolute atomic E-state index is 0.0266. The molecule has 10 heteroatoms. The summed E-state index contributed by atoms with van der Waals surface area (Å²) in [6, 6.07) is 8.73. The standard InChI is InChI=1S/C25H27N9O/c1-16(2)21(11-26)31-24(35)19-7-5-18(6-8-19)23-17(3)12-27-25(32-23)30-20-13-29-34(14-20)22-9-10-33(4)15-28-22/h5-10,12-14,16,21H,15H2,1-4H3,(H,31,35)(H,27,30,32)/t21-/m1/s1. The topological polar surface area (TPSA) is 124 Å². The number of aryl methyl sites for hydroxylation is 1. The molecule has 2 aromatic heterocycles. The minimum Gasteiger partial charge on any atom is -0.361 e. The molecule has 0 fully saturated rings. The number of allylic oxidation sites excluding steroid dienone is 1. The van der Waals surface area contributed by atoms with Crippen LogP contribution in [0.5, 0.6) is 0 Å². The molecule has 0 unspecified atom stereocenters. The third kappa shape index (κ3) is 5.52. The van der Waals surface area contributed by atoms with Crippen LogP contribution in [-0.2, 0) is 0 Å². The highest BCUT2D eigenvalue weighted by Crippen LogP contribution is 2.23. The van der Waals surface area contributed by atoms with Gasteiger partial charge in [-0.25, -0.2) is 19.6 Å². The monoisotopic (exact) mass is 469 g/mol. The lowest BCUT2D eigenvalue weighted by atomic mass is 10.0. The summed E-state index contributed by atoms with van der Waals surface area (Å²) < 4.78 is 1.70. The van der Waals surface area contributed by atoms with Gasteiger partial charge in [-0.15, -0.1) is 0 Å². The van der Waals surface area contributed by atoms with E-state index in [0.29, 0.717) is 18.2 Å². The molecule has 0 bridgehead atoms. The van der Waals surface area contributed by atoms with Gasteiger partial charge in [0.2, 0.25) is 5.95 Å². The van der Waals surface area contributed by atoms with Crippen molar-refractivity contribution >= 4 is 23.4 Å². The number of anilines is 2. The van der Waals surface area contributed by atoms with Crippen LogP contribution in [0.2, 0.25) is 0 Å². The summed E-state index contributed by atoms with van der Waals surface area (Å²) in [4.78, 5) is 28.0. The second kappa shape index (κ2) is 10.2. The summed E-state index contributed by atoms with van der Waals surface area (Å²) in [6.45, 7) is 6.30. The number of carbonyl (C=O) groups is 1. The van der Waals surface area contributed by atoms with Gasteiger partial charge in [-0.2, -0.15) is 10.4 Å². The van der Waals surface area contributed by atoms with Crippen molar-refractivity contribution in [3.8, 4) is 17.3 Å². The van der Waals surface area contributed by atoms with Gasteiger partial charge in [0.05, 0.1) is 29.8 Å². The summed E-state index contributed by atoms with van der Waals surface area (Å²) in [5, 5.41) is 19.5. The Bertz CT molecular complexity index is 1320. The van der Waals surface area contributed by atoms with Crippen LogP contribution in [0.3, 0.4) is 0 Å². The lowest BCUT2D eigenvalue weighted by Gasteiger charge is -2.15. The van der Waals surface area contributed by atoms with E-state index in [9.17, 15) is 10.1 Å². The maximum Gasteiger partial charge on any atom is 0.252 e. The number of hydrogen-bond acceptors (Lipinski definition) is 8. The van der Waals surface area contributed by atoms with E-state index in [1.54, 1.807) is 29.2 Å². The SMILES string of the molecule is Cc1cnc(Nc2cnn(C3=NCN(C)C=C3)c2)nc1-c1ccc(C(=O)N[C@H](C#N)C(C)C)cc1. The van der Waals surface area contributed by atoms with E-state index < -0.39 is 6.04 Å². The molecule has 4 rings (SSSR count). The van der Waals surface area contributed by atoms with Gasteiger partial charge in [0.1, 0.15) is 12.7 Å². The minimum atomic E-state index is -0.535. The molecule has 3 aromatic rings.